The molecule has 0 unspecified atom stereocenters. The first-order chi connectivity index (χ1) is 8.81. The van der Waals surface area contributed by atoms with Crippen LogP contribution in [0.5, 0.6) is 0 Å². The molecule has 0 saturated carbocycles. The molecule has 4 heteroatoms. The normalized spacial score (nSPS) is 10.0. The van der Waals surface area contributed by atoms with Gasteiger partial charge in [0.25, 0.3) is 0 Å². The van der Waals surface area contributed by atoms with E-state index in [9.17, 15) is 4.79 Å². The molecule has 1 N–H and O–H groups in total. The maximum Gasteiger partial charge on any atom is 1.00 e. The van der Waals surface area contributed by atoms with Gasteiger partial charge in [0.2, 0.25) is 0 Å². The molecule has 0 atom stereocenters. The van der Waals surface area contributed by atoms with E-state index in [4.69, 9.17) is 0 Å². The zero-order chi connectivity index (χ0) is 13.5. The molecule has 0 aliphatic carbocycles. The van der Waals surface area contributed by atoms with E-state index in [1.165, 1.54) is 57.8 Å². The maximum atomic E-state index is 11.0. The summed E-state index contributed by atoms with van der Waals surface area (Å²) in [7, 11) is 1.61. The van der Waals surface area contributed by atoms with Crippen LogP contribution in [0, 0.1) is 0 Å². The Labute approximate surface area is 143 Å². The van der Waals surface area contributed by atoms with Crippen molar-refractivity contribution >= 4 is 5.97 Å². The largest absolute Gasteiger partial charge is 1.00 e. The molecule has 110 valence electrons. The Morgan fingerprint density at radius 2 is 1.32 bits per heavy atom. The van der Waals surface area contributed by atoms with Crippen LogP contribution in [0.1, 0.15) is 85.4 Å². The van der Waals surface area contributed by atoms with Crippen LogP contribution in [0.3, 0.4) is 0 Å². The Bertz CT molecular complexity index is 195. The van der Waals surface area contributed by atoms with Crippen LogP contribution in [0.2, 0.25) is 0 Å². The van der Waals surface area contributed by atoms with E-state index in [-0.39, 0.29) is 37.0 Å². The van der Waals surface area contributed by atoms with Crippen LogP contribution in [-0.2, 0) is 9.63 Å². The second-order valence-corrected chi connectivity index (χ2v) is 4.96. The predicted octanol–water partition coefficient (Wildman–Crippen LogP) is 1.48. The van der Waals surface area contributed by atoms with Gasteiger partial charge in [-0.1, -0.05) is 71.1 Å². The average molecular weight is 281 g/mol. The van der Waals surface area contributed by atoms with Crippen LogP contribution >= 0.6 is 0 Å². The van der Waals surface area contributed by atoms with Gasteiger partial charge in [0.1, 0.15) is 0 Å². The summed E-state index contributed by atoms with van der Waals surface area (Å²) in [5.41, 5.74) is 2.41. The quantitative estimate of drug-likeness (QED) is 0.316. The number of rotatable bonds is 13. The zero-order valence-electron chi connectivity index (χ0n) is 14.3. The average Bonchev–Trinajstić information content (AvgIpc) is 2.36. The fourth-order valence-electron chi connectivity index (χ4n) is 2.10. The number of hydrogen-bond donors (Lipinski definition) is 1. The van der Waals surface area contributed by atoms with Gasteiger partial charge in [-0.3, -0.25) is 4.79 Å². The van der Waals surface area contributed by atoms with Crippen LogP contribution in [0.25, 0.3) is 0 Å². The standard InChI is InChI=1S/C15H31NO2.Na.H/c1-3-4-5-6-7-8-9-10-11-12-13-14-15(17)18-16-2;;/h16H,3-14H2,1-2H3;;/q;+1;-1. The van der Waals surface area contributed by atoms with Crippen molar-refractivity contribution in [2.45, 2.75) is 84.0 Å². The monoisotopic (exact) mass is 281 g/mol. The Kier molecular flexibility index (Phi) is 21.1. The number of carbonyl (C=O) groups is 1. The Morgan fingerprint density at radius 1 is 0.895 bits per heavy atom. The van der Waals surface area contributed by atoms with E-state index in [0.717, 1.165) is 12.8 Å². The van der Waals surface area contributed by atoms with E-state index >= 15 is 0 Å². The van der Waals surface area contributed by atoms with Gasteiger partial charge in [-0.25, -0.2) is 0 Å². The van der Waals surface area contributed by atoms with Crippen LogP contribution < -0.4 is 35.0 Å². The third kappa shape index (κ3) is 18.4. The number of carbonyl (C=O) groups excluding carboxylic acids is 1. The summed E-state index contributed by atoms with van der Waals surface area (Å²) in [6, 6.07) is 0. The van der Waals surface area contributed by atoms with Crippen LogP contribution in [-0.4, -0.2) is 13.0 Å². The molecule has 0 aromatic rings. The molecule has 0 bridgehead atoms. The minimum atomic E-state index is -0.145. The fourth-order valence-corrected chi connectivity index (χ4v) is 2.10. The second kappa shape index (κ2) is 18.4. The first-order valence-electron chi connectivity index (χ1n) is 7.67. The van der Waals surface area contributed by atoms with Crippen molar-refractivity contribution in [2.75, 3.05) is 7.05 Å². The topological polar surface area (TPSA) is 38.3 Å². The van der Waals surface area contributed by atoms with Gasteiger partial charge >= 0.3 is 35.5 Å². The van der Waals surface area contributed by atoms with Crippen LogP contribution in [0.15, 0.2) is 0 Å². The SMILES string of the molecule is CCCCCCCCCCCCCC(=O)ONC.[H-].[Na+]. The molecule has 0 aliphatic heterocycles. The fraction of sp³-hybridized carbons (Fsp3) is 0.933. The summed E-state index contributed by atoms with van der Waals surface area (Å²) in [5, 5.41) is 0. The Hall–Kier alpha value is 0.430. The van der Waals surface area contributed by atoms with Gasteiger partial charge < -0.3 is 6.26 Å². The molecule has 0 amide bonds. The van der Waals surface area contributed by atoms with Crippen molar-refractivity contribution in [2.24, 2.45) is 0 Å². The third-order valence-electron chi connectivity index (χ3n) is 3.20. The van der Waals surface area contributed by atoms with Crippen molar-refractivity contribution in [3.05, 3.63) is 0 Å². The van der Waals surface area contributed by atoms with Crippen molar-refractivity contribution in [1.82, 2.24) is 5.48 Å². The number of hydrogen-bond acceptors (Lipinski definition) is 3. The van der Waals surface area contributed by atoms with Crippen LogP contribution in [0.4, 0.5) is 0 Å². The summed E-state index contributed by atoms with van der Waals surface area (Å²) >= 11 is 0. The van der Waals surface area contributed by atoms with Crippen molar-refractivity contribution in [3.8, 4) is 0 Å². The Morgan fingerprint density at radius 3 is 1.74 bits per heavy atom. The maximum absolute atomic E-state index is 11.0. The van der Waals surface area contributed by atoms with E-state index in [2.05, 4.69) is 17.2 Å². The molecule has 0 spiro atoms. The third-order valence-corrected chi connectivity index (χ3v) is 3.20. The molecule has 3 nitrogen and oxygen atoms in total. The van der Waals surface area contributed by atoms with E-state index in [1.807, 2.05) is 0 Å². The van der Waals surface area contributed by atoms with E-state index in [0.29, 0.717) is 6.42 Å². The first kappa shape index (κ1) is 21.7. The van der Waals surface area contributed by atoms with Gasteiger partial charge in [0, 0.05) is 13.5 Å². The first-order valence-corrected chi connectivity index (χ1v) is 7.67. The van der Waals surface area contributed by atoms with E-state index in [1.54, 1.807) is 7.05 Å². The summed E-state index contributed by atoms with van der Waals surface area (Å²) in [5.74, 6) is -0.145. The van der Waals surface area contributed by atoms with Crippen molar-refractivity contribution in [3.63, 3.8) is 0 Å². The number of nitrogens with one attached hydrogen (secondary N) is 1. The molecule has 0 rings (SSSR count). The molecular weight excluding hydrogens is 249 g/mol. The molecule has 0 heterocycles. The summed E-state index contributed by atoms with van der Waals surface area (Å²) in [6.45, 7) is 2.26. The zero-order valence-corrected chi connectivity index (χ0v) is 15.3. The summed E-state index contributed by atoms with van der Waals surface area (Å²) < 4.78 is 0. The van der Waals surface area contributed by atoms with Gasteiger partial charge in [-0.2, -0.15) is 5.48 Å². The number of unbranched alkanes of at least 4 members (excludes halogenated alkanes) is 10. The molecule has 0 aromatic carbocycles. The minimum Gasteiger partial charge on any atom is -1.00 e. The molecule has 0 radical (unpaired) electrons. The predicted molar refractivity (Wildman–Crippen MR) is 77.3 cm³/mol. The summed E-state index contributed by atoms with van der Waals surface area (Å²) in [4.78, 5) is 15.7. The molecule has 0 saturated heterocycles. The van der Waals surface area contributed by atoms with Gasteiger partial charge in [-0.15, -0.1) is 0 Å². The van der Waals surface area contributed by atoms with E-state index < -0.39 is 0 Å². The van der Waals surface area contributed by atoms with Crippen molar-refractivity contribution in [1.29, 1.82) is 0 Å². The Balaban J connectivity index is -0.00000144. The van der Waals surface area contributed by atoms with Gasteiger partial charge in [-0.05, 0) is 6.42 Å². The molecule has 0 aromatic heterocycles. The second-order valence-electron chi connectivity index (χ2n) is 4.96. The number of hydroxylamine groups is 1. The van der Waals surface area contributed by atoms with Crippen molar-refractivity contribution < 1.29 is 40.6 Å². The molecular formula is C15H32NNaO2. The summed E-state index contributed by atoms with van der Waals surface area (Å²) in [6.07, 6.45) is 14.9. The smallest absolute Gasteiger partial charge is 1.00 e. The molecule has 0 aliphatic rings. The van der Waals surface area contributed by atoms with Gasteiger partial charge in [0.15, 0.2) is 0 Å². The van der Waals surface area contributed by atoms with Gasteiger partial charge in [0.05, 0.1) is 0 Å². The minimum absolute atomic E-state index is 0. The molecule has 19 heavy (non-hydrogen) atoms. The molecule has 0 fully saturated rings.